The van der Waals surface area contributed by atoms with Gasteiger partial charge >= 0.3 is 0 Å². The minimum absolute atomic E-state index is 0.897. The van der Waals surface area contributed by atoms with Gasteiger partial charge in [-0.3, -0.25) is 0 Å². The van der Waals surface area contributed by atoms with Crippen LogP contribution in [0.5, 0.6) is 0 Å². The Morgan fingerprint density at radius 3 is 3.19 bits per heavy atom. The molecule has 0 unspecified atom stereocenters. The van der Waals surface area contributed by atoms with Gasteiger partial charge in [-0.05, 0) is 30.2 Å². The Hall–Kier alpha value is -2.03. The summed E-state index contributed by atoms with van der Waals surface area (Å²) in [5.74, 6) is 0. The first-order valence-corrected chi connectivity index (χ1v) is 5.40. The van der Waals surface area contributed by atoms with E-state index in [0.29, 0.717) is 0 Å². The lowest BCUT2D eigenvalue weighted by Crippen LogP contribution is -1.93. The van der Waals surface area contributed by atoms with Gasteiger partial charge in [-0.2, -0.15) is 0 Å². The molecule has 0 radical (unpaired) electrons. The number of aromatic nitrogens is 2. The van der Waals surface area contributed by atoms with Crippen LogP contribution in [0.1, 0.15) is 11.3 Å². The Balaban J connectivity index is 2.03. The van der Waals surface area contributed by atoms with Crippen LogP contribution in [0, 0.1) is 0 Å². The first-order chi connectivity index (χ1) is 7.86. The zero-order valence-corrected chi connectivity index (χ0v) is 8.98. The molecular formula is C13H13N3. The number of imidazole rings is 1. The molecule has 0 amide bonds. The van der Waals surface area contributed by atoms with Crippen molar-refractivity contribution in [3.63, 3.8) is 0 Å². The van der Waals surface area contributed by atoms with Gasteiger partial charge in [-0.25, -0.2) is 4.98 Å². The largest absolute Gasteiger partial charge is 0.384 e. The van der Waals surface area contributed by atoms with Crippen LogP contribution in [0.4, 0.5) is 5.69 Å². The average molecular weight is 211 g/mol. The van der Waals surface area contributed by atoms with E-state index in [1.54, 1.807) is 6.08 Å². The summed E-state index contributed by atoms with van der Waals surface area (Å²) in [5, 5.41) is 3.38. The van der Waals surface area contributed by atoms with Gasteiger partial charge < -0.3 is 9.88 Å². The Morgan fingerprint density at radius 2 is 2.38 bits per heavy atom. The number of fused-ring (bicyclic) bond motifs is 1. The molecule has 0 aliphatic carbocycles. The predicted octanol–water partition coefficient (Wildman–Crippen LogP) is 2.48. The third kappa shape index (κ3) is 1.41. The van der Waals surface area contributed by atoms with Gasteiger partial charge in [-0.15, -0.1) is 0 Å². The second kappa shape index (κ2) is 3.52. The smallest absolute Gasteiger partial charge is 0.0999 e. The molecule has 16 heavy (non-hydrogen) atoms. The molecule has 3 rings (SSSR count). The van der Waals surface area contributed by atoms with E-state index in [1.807, 2.05) is 17.1 Å². The number of anilines is 1. The van der Waals surface area contributed by atoms with Crippen molar-refractivity contribution in [1.82, 2.24) is 9.55 Å². The van der Waals surface area contributed by atoms with Crippen molar-refractivity contribution in [3.8, 4) is 5.69 Å². The van der Waals surface area contributed by atoms with E-state index in [4.69, 9.17) is 0 Å². The molecule has 1 aliphatic heterocycles. The van der Waals surface area contributed by atoms with E-state index in [0.717, 1.165) is 24.3 Å². The molecule has 3 heteroatoms. The van der Waals surface area contributed by atoms with Gasteiger partial charge in [0.2, 0.25) is 0 Å². The highest BCUT2D eigenvalue weighted by atomic mass is 15.0. The van der Waals surface area contributed by atoms with Crippen molar-refractivity contribution in [2.75, 3.05) is 11.9 Å². The number of benzene rings is 1. The van der Waals surface area contributed by atoms with E-state index in [2.05, 4.69) is 35.1 Å². The maximum absolute atomic E-state index is 4.23. The normalized spacial score (nSPS) is 13.2. The zero-order valence-electron chi connectivity index (χ0n) is 8.98. The molecule has 2 heterocycles. The highest BCUT2D eigenvalue weighted by Gasteiger charge is 2.10. The summed E-state index contributed by atoms with van der Waals surface area (Å²) >= 11 is 0. The molecule has 1 aromatic carbocycles. The standard InChI is InChI=1S/C13H13N3/c1-2-11-8-16(9-15-11)12-4-3-10-5-6-14-13(10)7-12/h2-4,7-9,14H,1,5-6H2. The maximum Gasteiger partial charge on any atom is 0.0999 e. The minimum Gasteiger partial charge on any atom is -0.384 e. The highest BCUT2D eigenvalue weighted by Crippen LogP contribution is 2.25. The van der Waals surface area contributed by atoms with Gasteiger partial charge in [0, 0.05) is 24.1 Å². The average Bonchev–Trinajstić information content (AvgIpc) is 2.96. The van der Waals surface area contributed by atoms with Crippen molar-refractivity contribution in [1.29, 1.82) is 0 Å². The number of hydrogen-bond donors (Lipinski definition) is 1. The molecule has 0 spiro atoms. The summed E-state index contributed by atoms with van der Waals surface area (Å²) in [5.41, 5.74) is 4.67. The van der Waals surface area contributed by atoms with Crippen molar-refractivity contribution < 1.29 is 0 Å². The Morgan fingerprint density at radius 1 is 1.44 bits per heavy atom. The van der Waals surface area contributed by atoms with Crippen molar-refractivity contribution in [2.24, 2.45) is 0 Å². The molecule has 1 aliphatic rings. The molecular weight excluding hydrogens is 198 g/mol. The third-order valence-corrected chi connectivity index (χ3v) is 2.91. The van der Waals surface area contributed by atoms with Gasteiger partial charge in [-0.1, -0.05) is 12.6 Å². The van der Waals surface area contributed by atoms with E-state index >= 15 is 0 Å². The van der Waals surface area contributed by atoms with Crippen LogP contribution < -0.4 is 5.32 Å². The monoisotopic (exact) mass is 211 g/mol. The quantitative estimate of drug-likeness (QED) is 0.827. The summed E-state index contributed by atoms with van der Waals surface area (Å²) in [7, 11) is 0. The molecule has 1 N–H and O–H groups in total. The Bertz CT molecular complexity index is 540. The second-order valence-electron chi connectivity index (χ2n) is 3.93. The first kappa shape index (κ1) is 9.21. The number of rotatable bonds is 2. The van der Waals surface area contributed by atoms with Crippen LogP contribution in [0.15, 0.2) is 37.3 Å². The van der Waals surface area contributed by atoms with E-state index < -0.39 is 0 Å². The number of nitrogens with zero attached hydrogens (tertiary/aromatic N) is 2. The van der Waals surface area contributed by atoms with Gasteiger partial charge in [0.1, 0.15) is 0 Å². The lowest BCUT2D eigenvalue weighted by Gasteiger charge is -2.05. The molecule has 0 atom stereocenters. The van der Waals surface area contributed by atoms with Crippen LogP contribution in [0.3, 0.4) is 0 Å². The zero-order chi connectivity index (χ0) is 11.0. The molecule has 2 aromatic rings. The topological polar surface area (TPSA) is 29.9 Å². The summed E-state index contributed by atoms with van der Waals surface area (Å²) < 4.78 is 2.01. The molecule has 3 nitrogen and oxygen atoms in total. The van der Waals surface area contributed by atoms with Crippen LogP contribution >= 0.6 is 0 Å². The lowest BCUT2D eigenvalue weighted by atomic mass is 10.1. The summed E-state index contributed by atoms with van der Waals surface area (Å²) in [6.45, 7) is 4.75. The summed E-state index contributed by atoms with van der Waals surface area (Å²) in [4.78, 5) is 4.23. The molecule has 1 aromatic heterocycles. The van der Waals surface area contributed by atoms with E-state index in [1.165, 1.54) is 11.3 Å². The van der Waals surface area contributed by atoms with Crippen LogP contribution in [0.25, 0.3) is 11.8 Å². The Kier molecular flexibility index (Phi) is 2.03. The molecule has 80 valence electrons. The SMILES string of the molecule is C=Cc1cn(-c2ccc3c(c2)NCC3)cn1. The summed E-state index contributed by atoms with van der Waals surface area (Å²) in [6, 6.07) is 6.47. The van der Waals surface area contributed by atoms with E-state index in [-0.39, 0.29) is 0 Å². The first-order valence-electron chi connectivity index (χ1n) is 5.40. The van der Waals surface area contributed by atoms with E-state index in [9.17, 15) is 0 Å². The number of hydrogen-bond acceptors (Lipinski definition) is 2. The molecule has 0 saturated heterocycles. The van der Waals surface area contributed by atoms with Crippen LogP contribution in [0.2, 0.25) is 0 Å². The fourth-order valence-electron chi connectivity index (χ4n) is 2.02. The Labute approximate surface area is 94.4 Å². The fraction of sp³-hybridized carbons (Fsp3) is 0.154. The molecule has 0 saturated carbocycles. The van der Waals surface area contributed by atoms with Gasteiger partial charge in [0.05, 0.1) is 12.0 Å². The highest BCUT2D eigenvalue weighted by molar-refractivity contribution is 5.60. The predicted molar refractivity (Wildman–Crippen MR) is 65.8 cm³/mol. The summed E-state index contributed by atoms with van der Waals surface area (Å²) in [6.07, 6.45) is 6.66. The van der Waals surface area contributed by atoms with Gasteiger partial charge in [0.25, 0.3) is 0 Å². The number of nitrogens with one attached hydrogen (secondary N) is 1. The molecule has 0 bridgehead atoms. The maximum atomic E-state index is 4.23. The van der Waals surface area contributed by atoms with Crippen molar-refractivity contribution in [2.45, 2.75) is 6.42 Å². The lowest BCUT2D eigenvalue weighted by molar-refractivity contribution is 1.06. The van der Waals surface area contributed by atoms with Crippen LogP contribution in [-0.4, -0.2) is 16.1 Å². The third-order valence-electron chi connectivity index (χ3n) is 2.91. The van der Waals surface area contributed by atoms with Crippen molar-refractivity contribution in [3.05, 3.63) is 48.6 Å². The second-order valence-corrected chi connectivity index (χ2v) is 3.93. The molecule has 0 fully saturated rings. The van der Waals surface area contributed by atoms with Gasteiger partial charge in [0.15, 0.2) is 0 Å². The fourth-order valence-corrected chi connectivity index (χ4v) is 2.02. The van der Waals surface area contributed by atoms with Crippen molar-refractivity contribution >= 4 is 11.8 Å². The van der Waals surface area contributed by atoms with Crippen LogP contribution in [-0.2, 0) is 6.42 Å². The minimum atomic E-state index is 0.897.